The summed E-state index contributed by atoms with van der Waals surface area (Å²) >= 11 is 3.41. The maximum absolute atomic E-state index is 9.88. The quantitative estimate of drug-likeness (QED) is 0.581. The zero-order valence-electron chi connectivity index (χ0n) is 8.82. The summed E-state index contributed by atoms with van der Waals surface area (Å²) < 4.78 is 0.841. The van der Waals surface area contributed by atoms with Crippen molar-refractivity contribution in [2.75, 3.05) is 5.73 Å². The molecular formula is C11H16BrClN2O. The molecule has 1 aromatic carbocycles. The van der Waals surface area contributed by atoms with E-state index in [1.54, 1.807) is 6.07 Å². The summed E-state index contributed by atoms with van der Waals surface area (Å²) in [5, 5.41) is 9.88. The number of benzene rings is 1. The van der Waals surface area contributed by atoms with Crippen LogP contribution >= 0.6 is 28.3 Å². The number of hydrogen-bond donors (Lipinski definition) is 3. The van der Waals surface area contributed by atoms with Gasteiger partial charge in [-0.2, -0.15) is 0 Å². The molecule has 1 fully saturated rings. The molecule has 5 N–H and O–H groups in total. The van der Waals surface area contributed by atoms with Gasteiger partial charge in [0.2, 0.25) is 0 Å². The monoisotopic (exact) mass is 306 g/mol. The normalized spacial score (nSPS) is 17.4. The van der Waals surface area contributed by atoms with Gasteiger partial charge in [0.05, 0.1) is 5.69 Å². The van der Waals surface area contributed by atoms with Crippen molar-refractivity contribution in [1.82, 2.24) is 0 Å². The van der Waals surface area contributed by atoms with Crippen molar-refractivity contribution in [2.45, 2.75) is 25.3 Å². The van der Waals surface area contributed by atoms with Crippen LogP contribution in [0, 0.1) is 5.92 Å². The molecule has 0 aromatic heterocycles. The van der Waals surface area contributed by atoms with E-state index in [2.05, 4.69) is 15.9 Å². The van der Waals surface area contributed by atoms with E-state index in [0.29, 0.717) is 11.6 Å². The number of nitrogens with two attached hydrogens (primary N) is 2. The van der Waals surface area contributed by atoms with Crippen LogP contribution in [-0.2, 0) is 0 Å². The first kappa shape index (κ1) is 13.6. The number of halogens is 2. The average Bonchev–Trinajstić information content (AvgIpc) is 2.09. The van der Waals surface area contributed by atoms with Gasteiger partial charge in [-0.25, -0.2) is 0 Å². The lowest BCUT2D eigenvalue weighted by molar-refractivity contribution is 0.260. The first-order chi connectivity index (χ1) is 7.11. The van der Waals surface area contributed by atoms with E-state index in [9.17, 15) is 5.11 Å². The Hall–Kier alpha value is -0.450. The first-order valence-electron chi connectivity index (χ1n) is 5.13. The third-order valence-electron chi connectivity index (χ3n) is 3.19. The van der Waals surface area contributed by atoms with Crippen molar-refractivity contribution < 1.29 is 5.11 Å². The lowest BCUT2D eigenvalue weighted by atomic mass is 9.77. The standard InChI is InChI=1S/C11H15BrN2O.ClH/c12-7-4-5-8(13)11(15)9(7)10(14)6-2-1-3-6;/h4-6,10,15H,1-3,13-14H2;1H/t10-;/m0./s1. The van der Waals surface area contributed by atoms with Crippen LogP contribution < -0.4 is 11.5 Å². The smallest absolute Gasteiger partial charge is 0.144 e. The maximum Gasteiger partial charge on any atom is 0.144 e. The van der Waals surface area contributed by atoms with Crippen molar-refractivity contribution in [1.29, 1.82) is 0 Å². The van der Waals surface area contributed by atoms with Gasteiger partial charge in [-0.3, -0.25) is 0 Å². The molecule has 1 aliphatic carbocycles. The summed E-state index contributed by atoms with van der Waals surface area (Å²) in [5.74, 6) is 0.609. The Kier molecular flexibility index (Phi) is 4.47. The van der Waals surface area contributed by atoms with Gasteiger partial charge in [0, 0.05) is 16.1 Å². The highest BCUT2D eigenvalue weighted by molar-refractivity contribution is 9.10. The lowest BCUT2D eigenvalue weighted by Gasteiger charge is -2.32. The molecule has 0 bridgehead atoms. The number of phenols is 1. The molecule has 90 valence electrons. The second-order valence-corrected chi connectivity index (χ2v) is 4.97. The van der Waals surface area contributed by atoms with Gasteiger partial charge < -0.3 is 16.6 Å². The Morgan fingerprint density at radius 1 is 1.38 bits per heavy atom. The summed E-state index contributed by atoms with van der Waals surface area (Å²) in [4.78, 5) is 0. The molecule has 0 spiro atoms. The maximum atomic E-state index is 9.88. The summed E-state index contributed by atoms with van der Waals surface area (Å²) in [7, 11) is 0. The van der Waals surface area contributed by atoms with Crippen molar-refractivity contribution in [3.05, 3.63) is 22.2 Å². The molecule has 1 aliphatic rings. The SMILES string of the molecule is Cl.Nc1ccc(Br)c([C@@H](N)C2CCC2)c1O. The third-order valence-corrected chi connectivity index (χ3v) is 3.88. The van der Waals surface area contributed by atoms with E-state index in [1.165, 1.54) is 6.42 Å². The Morgan fingerprint density at radius 2 is 2.00 bits per heavy atom. The molecule has 0 heterocycles. The second-order valence-electron chi connectivity index (χ2n) is 4.12. The molecule has 16 heavy (non-hydrogen) atoms. The molecule has 0 unspecified atom stereocenters. The Morgan fingerprint density at radius 3 is 2.50 bits per heavy atom. The van der Waals surface area contributed by atoms with E-state index < -0.39 is 0 Å². The minimum absolute atomic E-state index is 0. The minimum Gasteiger partial charge on any atom is -0.505 e. The van der Waals surface area contributed by atoms with Gasteiger partial charge in [-0.1, -0.05) is 22.4 Å². The molecule has 0 amide bonds. The summed E-state index contributed by atoms with van der Waals surface area (Å²) in [5.41, 5.74) is 12.9. The van der Waals surface area contributed by atoms with Crippen LogP contribution in [0.5, 0.6) is 5.75 Å². The molecule has 3 nitrogen and oxygen atoms in total. The molecule has 1 atom stereocenters. The van der Waals surface area contributed by atoms with Gasteiger partial charge >= 0.3 is 0 Å². The second kappa shape index (κ2) is 5.25. The van der Waals surface area contributed by atoms with Gasteiger partial charge in [0.25, 0.3) is 0 Å². The number of hydrogen-bond acceptors (Lipinski definition) is 3. The highest BCUT2D eigenvalue weighted by Gasteiger charge is 2.29. The summed E-state index contributed by atoms with van der Waals surface area (Å²) in [6.45, 7) is 0. The molecule has 0 aliphatic heterocycles. The van der Waals surface area contributed by atoms with Crippen LogP contribution in [0.2, 0.25) is 0 Å². The zero-order chi connectivity index (χ0) is 11.0. The Bertz CT molecular complexity index is 382. The van der Waals surface area contributed by atoms with Gasteiger partial charge in [0.1, 0.15) is 5.75 Å². The number of anilines is 1. The predicted octanol–water partition coefficient (Wildman–Crippen LogP) is 2.96. The lowest BCUT2D eigenvalue weighted by Crippen LogP contribution is -2.27. The van der Waals surface area contributed by atoms with Crippen LogP contribution in [0.15, 0.2) is 16.6 Å². The molecule has 2 rings (SSSR count). The predicted molar refractivity (Wildman–Crippen MR) is 71.7 cm³/mol. The largest absolute Gasteiger partial charge is 0.505 e. The van der Waals surface area contributed by atoms with Crippen molar-refractivity contribution in [2.24, 2.45) is 11.7 Å². The van der Waals surface area contributed by atoms with Crippen LogP contribution in [0.3, 0.4) is 0 Å². The molecule has 1 saturated carbocycles. The van der Waals surface area contributed by atoms with Crippen LogP contribution in [-0.4, -0.2) is 5.11 Å². The van der Waals surface area contributed by atoms with Crippen LogP contribution in [0.1, 0.15) is 30.9 Å². The molecule has 1 aromatic rings. The van der Waals surface area contributed by atoms with E-state index in [-0.39, 0.29) is 24.2 Å². The highest BCUT2D eigenvalue weighted by atomic mass is 79.9. The molecular weight excluding hydrogens is 291 g/mol. The number of phenolic OH excluding ortho intramolecular Hbond substituents is 1. The number of nitrogen functional groups attached to an aromatic ring is 1. The minimum atomic E-state index is -0.114. The molecule has 0 radical (unpaired) electrons. The highest BCUT2D eigenvalue weighted by Crippen LogP contribution is 2.43. The summed E-state index contributed by atoms with van der Waals surface area (Å²) in [6.07, 6.45) is 3.52. The zero-order valence-corrected chi connectivity index (χ0v) is 11.2. The van der Waals surface area contributed by atoms with E-state index in [0.717, 1.165) is 22.9 Å². The fourth-order valence-electron chi connectivity index (χ4n) is 1.95. The fourth-order valence-corrected chi connectivity index (χ4v) is 2.54. The molecule has 5 heteroatoms. The topological polar surface area (TPSA) is 72.3 Å². The fraction of sp³-hybridized carbons (Fsp3) is 0.455. The van der Waals surface area contributed by atoms with Crippen molar-refractivity contribution >= 4 is 34.0 Å². The van der Waals surface area contributed by atoms with Crippen LogP contribution in [0.25, 0.3) is 0 Å². The van der Waals surface area contributed by atoms with Gasteiger partial charge in [0.15, 0.2) is 0 Å². The van der Waals surface area contributed by atoms with E-state index >= 15 is 0 Å². The number of aromatic hydroxyl groups is 1. The van der Waals surface area contributed by atoms with Crippen molar-refractivity contribution in [3.63, 3.8) is 0 Å². The van der Waals surface area contributed by atoms with E-state index in [1.807, 2.05) is 6.07 Å². The van der Waals surface area contributed by atoms with Gasteiger partial charge in [-0.15, -0.1) is 12.4 Å². The van der Waals surface area contributed by atoms with E-state index in [4.69, 9.17) is 11.5 Å². The Labute approximate surface area is 110 Å². The van der Waals surface area contributed by atoms with Gasteiger partial charge in [-0.05, 0) is 30.9 Å². The van der Waals surface area contributed by atoms with Crippen LogP contribution in [0.4, 0.5) is 5.69 Å². The third kappa shape index (κ3) is 2.29. The average molecular weight is 308 g/mol. The Balaban J connectivity index is 0.00000128. The summed E-state index contributed by atoms with van der Waals surface area (Å²) in [6, 6.07) is 3.40. The molecule has 0 saturated heterocycles. The van der Waals surface area contributed by atoms with Crippen molar-refractivity contribution in [3.8, 4) is 5.75 Å². The number of rotatable bonds is 2. The first-order valence-corrected chi connectivity index (χ1v) is 5.93.